The van der Waals surface area contributed by atoms with Crippen LogP contribution in [-0.4, -0.2) is 61.9 Å². The van der Waals surface area contributed by atoms with Gasteiger partial charge in [0.1, 0.15) is 5.82 Å². The third kappa shape index (κ3) is 8.40. The van der Waals surface area contributed by atoms with Crippen LogP contribution in [0.25, 0.3) is 0 Å². The molecule has 1 fully saturated rings. The fourth-order valence-corrected chi connectivity index (χ4v) is 3.45. The number of likely N-dealkylation sites (tertiary alicyclic amines) is 1. The molecule has 1 aliphatic heterocycles. The van der Waals surface area contributed by atoms with E-state index in [2.05, 4.69) is 15.6 Å². The highest BCUT2D eigenvalue weighted by Gasteiger charge is 2.15. The Hall–Kier alpha value is -2.15. The number of halogens is 1. The maximum atomic E-state index is 13.9. The average Bonchev–Trinajstić information content (AvgIpc) is 2.89. The monoisotopic (exact) mass is 405 g/mol. The van der Waals surface area contributed by atoms with Crippen LogP contribution in [0, 0.1) is 5.82 Å². The summed E-state index contributed by atoms with van der Waals surface area (Å²) in [7, 11) is 3.85. The number of aliphatic imine (C=N–C) groups is 1. The number of guanidine groups is 1. The van der Waals surface area contributed by atoms with E-state index in [9.17, 15) is 9.18 Å². The van der Waals surface area contributed by atoms with Crippen molar-refractivity contribution in [2.24, 2.45) is 4.99 Å². The van der Waals surface area contributed by atoms with Crippen LogP contribution in [-0.2, 0) is 17.9 Å². The topological polar surface area (TPSA) is 60.0 Å². The Labute approximate surface area is 174 Å². The highest BCUT2D eigenvalue weighted by atomic mass is 19.1. The third-order valence-corrected chi connectivity index (χ3v) is 4.93. The molecule has 2 N–H and O–H groups in total. The van der Waals surface area contributed by atoms with Crippen LogP contribution in [0.15, 0.2) is 23.2 Å². The molecule has 29 heavy (non-hydrogen) atoms. The molecular weight excluding hydrogens is 369 g/mol. The van der Waals surface area contributed by atoms with Crippen molar-refractivity contribution < 1.29 is 9.18 Å². The van der Waals surface area contributed by atoms with Gasteiger partial charge in [0.05, 0.1) is 6.54 Å². The Morgan fingerprint density at radius 2 is 2.07 bits per heavy atom. The van der Waals surface area contributed by atoms with Gasteiger partial charge in [0.25, 0.3) is 0 Å². The fourth-order valence-electron chi connectivity index (χ4n) is 3.45. The van der Waals surface area contributed by atoms with E-state index < -0.39 is 0 Å². The summed E-state index contributed by atoms with van der Waals surface area (Å²) in [5.41, 5.74) is 1.67. The van der Waals surface area contributed by atoms with Gasteiger partial charge in [0, 0.05) is 44.7 Å². The van der Waals surface area contributed by atoms with E-state index in [1.165, 1.54) is 6.07 Å². The molecule has 1 saturated heterocycles. The Morgan fingerprint density at radius 1 is 1.24 bits per heavy atom. The first kappa shape index (κ1) is 23.1. The molecule has 0 aromatic heterocycles. The van der Waals surface area contributed by atoms with Crippen molar-refractivity contribution in [3.63, 3.8) is 0 Å². The minimum Gasteiger partial charge on any atom is -0.357 e. The van der Waals surface area contributed by atoms with Crippen LogP contribution >= 0.6 is 0 Å². The van der Waals surface area contributed by atoms with E-state index in [1.807, 2.05) is 36.9 Å². The predicted molar refractivity (Wildman–Crippen MR) is 116 cm³/mol. The Bertz CT molecular complexity index is 677. The predicted octanol–water partition coefficient (Wildman–Crippen LogP) is 2.74. The van der Waals surface area contributed by atoms with Gasteiger partial charge >= 0.3 is 0 Å². The number of carbonyl (C=O) groups excluding carboxylic acids is 1. The van der Waals surface area contributed by atoms with E-state index in [0.717, 1.165) is 63.4 Å². The van der Waals surface area contributed by atoms with Crippen LogP contribution < -0.4 is 10.6 Å². The largest absolute Gasteiger partial charge is 0.357 e. The van der Waals surface area contributed by atoms with E-state index in [0.29, 0.717) is 25.1 Å². The highest BCUT2D eigenvalue weighted by Crippen LogP contribution is 2.13. The molecule has 0 saturated carbocycles. The van der Waals surface area contributed by atoms with Crippen molar-refractivity contribution in [3.8, 4) is 0 Å². The number of carbonyl (C=O) groups is 1. The molecule has 1 aromatic rings. The third-order valence-electron chi connectivity index (χ3n) is 4.93. The van der Waals surface area contributed by atoms with Crippen molar-refractivity contribution in [2.75, 3.05) is 40.3 Å². The highest BCUT2D eigenvalue weighted by molar-refractivity contribution is 5.79. The molecule has 0 radical (unpaired) electrons. The van der Waals surface area contributed by atoms with Crippen LogP contribution in [0.5, 0.6) is 0 Å². The minimum atomic E-state index is -0.181. The van der Waals surface area contributed by atoms with Crippen molar-refractivity contribution in [1.82, 2.24) is 20.4 Å². The summed E-state index contributed by atoms with van der Waals surface area (Å²) in [6.07, 6.45) is 4.85. The molecule has 1 aromatic carbocycles. The molecule has 7 heteroatoms. The summed E-state index contributed by atoms with van der Waals surface area (Å²) >= 11 is 0. The number of nitrogens with zero attached hydrogens (tertiary/aromatic N) is 3. The van der Waals surface area contributed by atoms with Gasteiger partial charge in [-0.1, -0.05) is 12.5 Å². The van der Waals surface area contributed by atoms with Crippen molar-refractivity contribution in [1.29, 1.82) is 0 Å². The normalized spacial score (nSPS) is 15.6. The summed E-state index contributed by atoms with van der Waals surface area (Å²) in [6.45, 7) is 6.28. The number of nitrogens with one attached hydrogen (secondary N) is 2. The minimum absolute atomic E-state index is 0.181. The average molecular weight is 406 g/mol. The summed E-state index contributed by atoms with van der Waals surface area (Å²) in [5.74, 6) is 0.848. The molecular formula is C22H36FN5O. The van der Waals surface area contributed by atoms with Gasteiger partial charge in [-0.15, -0.1) is 0 Å². The first-order valence-corrected chi connectivity index (χ1v) is 10.7. The van der Waals surface area contributed by atoms with Crippen molar-refractivity contribution in [2.45, 2.75) is 52.1 Å². The SMILES string of the molecule is CCNC(=NCc1ccc(F)c(CN(C)C)c1)NCCCN1CCCCCC1=O. The summed E-state index contributed by atoms with van der Waals surface area (Å²) < 4.78 is 13.9. The van der Waals surface area contributed by atoms with Gasteiger partial charge in [0.15, 0.2) is 5.96 Å². The van der Waals surface area contributed by atoms with E-state index in [4.69, 9.17) is 0 Å². The molecule has 2 rings (SSSR count). The molecule has 1 amide bonds. The second-order valence-corrected chi connectivity index (χ2v) is 7.83. The lowest BCUT2D eigenvalue weighted by atomic mass is 10.1. The fraction of sp³-hybridized carbons (Fsp3) is 0.636. The van der Waals surface area contributed by atoms with Gasteiger partial charge in [0.2, 0.25) is 5.91 Å². The number of hydrogen-bond donors (Lipinski definition) is 2. The molecule has 1 aliphatic rings. The molecule has 0 spiro atoms. The lowest BCUT2D eigenvalue weighted by molar-refractivity contribution is -0.130. The zero-order valence-corrected chi connectivity index (χ0v) is 18.1. The summed E-state index contributed by atoms with van der Waals surface area (Å²) in [6, 6.07) is 5.18. The first-order chi connectivity index (χ1) is 14.0. The van der Waals surface area contributed by atoms with Gasteiger partial charge in [-0.05, 0) is 58.0 Å². The lowest BCUT2D eigenvalue weighted by Gasteiger charge is -2.20. The van der Waals surface area contributed by atoms with Gasteiger partial charge in [-0.3, -0.25) is 4.79 Å². The van der Waals surface area contributed by atoms with Crippen molar-refractivity contribution in [3.05, 3.63) is 35.1 Å². The number of hydrogen-bond acceptors (Lipinski definition) is 3. The van der Waals surface area contributed by atoms with Crippen LogP contribution in [0.1, 0.15) is 50.2 Å². The van der Waals surface area contributed by atoms with Crippen molar-refractivity contribution >= 4 is 11.9 Å². The Morgan fingerprint density at radius 3 is 2.83 bits per heavy atom. The molecule has 6 nitrogen and oxygen atoms in total. The molecule has 0 bridgehead atoms. The zero-order chi connectivity index (χ0) is 21.1. The molecule has 1 heterocycles. The Kier molecular flexibility index (Phi) is 9.91. The Balaban J connectivity index is 1.85. The first-order valence-electron chi connectivity index (χ1n) is 10.7. The molecule has 0 atom stereocenters. The lowest BCUT2D eigenvalue weighted by Crippen LogP contribution is -2.39. The van der Waals surface area contributed by atoms with Gasteiger partial charge in [-0.25, -0.2) is 9.38 Å². The van der Waals surface area contributed by atoms with Gasteiger partial charge < -0.3 is 20.4 Å². The van der Waals surface area contributed by atoms with E-state index >= 15 is 0 Å². The van der Waals surface area contributed by atoms with Gasteiger partial charge in [-0.2, -0.15) is 0 Å². The number of benzene rings is 1. The second-order valence-electron chi connectivity index (χ2n) is 7.83. The maximum Gasteiger partial charge on any atom is 0.222 e. The number of rotatable bonds is 9. The maximum absolute atomic E-state index is 13.9. The zero-order valence-electron chi connectivity index (χ0n) is 18.1. The van der Waals surface area contributed by atoms with Crippen LogP contribution in [0.2, 0.25) is 0 Å². The number of amides is 1. The summed E-state index contributed by atoms with van der Waals surface area (Å²) in [5, 5.41) is 6.58. The van der Waals surface area contributed by atoms with Crippen LogP contribution in [0.4, 0.5) is 4.39 Å². The molecule has 162 valence electrons. The quantitative estimate of drug-likeness (QED) is 0.377. The standard InChI is InChI=1S/C22H36FN5O/c1-4-24-22(25-12-8-14-28-13-7-5-6-9-21(28)29)26-16-18-10-11-20(23)19(15-18)17-27(2)3/h10-11,15H,4-9,12-14,16-17H2,1-3H3,(H2,24,25,26). The smallest absolute Gasteiger partial charge is 0.222 e. The van der Waals surface area contributed by atoms with E-state index in [1.54, 1.807) is 6.07 Å². The summed E-state index contributed by atoms with van der Waals surface area (Å²) in [4.78, 5) is 20.6. The second kappa shape index (κ2) is 12.4. The van der Waals surface area contributed by atoms with E-state index in [-0.39, 0.29) is 11.7 Å². The molecule has 0 unspecified atom stereocenters. The molecule has 0 aliphatic carbocycles. The van der Waals surface area contributed by atoms with Crippen LogP contribution in [0.3, 0.4) is 0 Å².